The van der Waals surface area contributed by atoms with Gasteiger partial charge < -0.3 is 9.84 Å². The van der Waals surface area contributed by atoms with Gasteiger partial charge in [-0.05, 0) is 17.7 Å². The monoisotopic (exact) mass is 297 g/mol. The maximum absolute atomic E-state index is 12.5. The van der Waals surface area contributed by atoms with Crippen molar-refractivity contribution < 1.29 is 27.8 Å². The van der Waals surface area contributed by atoms with Crippen LogP contribution in [-0.4, -0.2) is 23.2 Å². The first-order valence-electron chi connectivity index (χ1n) is 5.78. The quantitative estimate of drug-likeness (QED) is 0.942. The first-order valence-corrected chi connectivity index (χ1v) is 5.78. The Morgan fingerprint density at radius 1 is 1.24 bits per heavy atom. The van der Waals surface area contributed by atoms with Crippen molar-refractivity contribution in [1.29, 1.82) is 0 Å². The Bertz CT molecular complexity index is 666. The van der Waals surface area contributed by atoms with Gasteiger partial charge in [-0.1, -0.05) is 12.1 Å². The lowest BCUT2D eigenvalue weighted by Gasteiger charge is -2.10. The van der Waals surface area contributed by atoms with E-state index in [9.17, 15) is 18.0 Å². The summed E-state index contributed by atoms with van der Waals surface area (Å²) in [6, 6.07) is 5.42. The molecule has 0 unspecified atom stereocenters. The van der Waals surface area contributed by atoms with Crippen LogP contribution in [0.25, 0.3) is 11.1 Å². The van der Waals surface area contributed by atoms with Crippen LogP contribution in [0.5, 0.6) is 5.88 Å². The number of pyridine rings is 1. The highest BCUT2D eigenvalue weighted by Gasteiger charge is 2.30. The molecule has 1 aromatic heterocycles. The molecule has 0 aliphatic rings. The Kier molecular flexibility index (Phi) is 3.84. The van der Waals surface area contributed by atoms with Gasteiger partial charge >= 0.3 is 12.1 Å². The van der Waals surface area contributed by atoms with Crippen LogP contribution in [0.15, 0.2) is 36.5 Å². The van der Waals surface area contributed by atoms with Gasteiger partial charge in [0.15, 0.2) is 0 Å². The normalized spacial score (nSPS) is 11.2. The minimum absolute atomic E-state index is 0.0957. The number of alkyl halides is 3. The van der Waals surface area contributed by atoms with Gasteiger partial charge in [-0.25, -0.2) is 9.78 Å². The number of methoxy groups -OCH3 is 1. The summed E-state index contributed by atoms with van der Waals surface area (Å²) < 4.78 is 42.4. The molecular formula is C14H10F3NO3. The smallest absolute Gasteiger partial charge is 0.416 e. The van der Waals surface area contributed by atoms with Crippen molar-refractivity contribution >= 4 is 5.97 Å². The number of carboxylic acid groups (broad SMARTS) is 1. The number of nitrogens with zero attached hydrogens (tertiary/aromatic N) is 1. The van der Waals surface area contributed by atoms with Crippen molar-refractivity contribution in [2.75, 3.05) is 7.11 Å². The number of aromatic carboxylic acids is 1. The lowest BCUT2D eigenvalue weighted by Crippen LogP contribution is -2.05. The third-order valence-corrected chi connectivity index (χ3v) is 2.84. The zero-order chi connectivity index (χ0) is 15.6. The zero-order valence-corrected chi connectivity index (χ0v) is 10.8. The lowest BCUT2D eigenvalue weighted by atomic mass is 10.0. The van der Waals surface area contributed by atoms with Crippen molar-refractivity contribution in [3.05, 3.63) is 47.7 Å². The molecule has 7 heteroatoms. The summed E-state index contributed by atoms with van der Waals surface area (Å²) in [5.74, 6) is -1.10. The highest BCUT2D eigenvalue weighted by atomic mass is 19.4. The Morgan fingerprint density at radius 2 is 1.86 bits per heavy atom. The summed E-state index contributed by atoms with van der Waals surface area (Å²) in [4.78, 5) is 15.1. The first kappa shape index (κ1) is 14.8. The van der Waals surface area contributed by atoms with Gasteiger partial charge in [-0.3, -0.25) is 0 Å². The van der Waals surface area contributed by atoms with E-state index in [0.29, 0.717) is 5.56 Å². The molecule has 0 spiro atoms. The predicted molar refractivity (Wildman–Crippen MR) is 68.2 cm³/mol. The van der Waals surface area contributed by atoms with Crippen molar-refractivity contribution in [1.82, 2.24) is 4.98 Å². The van der Waals surface area contributed by atoms with E-state index in [1.54, 1.807) is 0 Å². The van der Waals surface area contributed by atoms with Gasteiger partial charge in [-0.2, -0.15) is 13.2 Å². The summed E-state index contributed by atoms with van der Waals surface area (Å²) in [5.41, 5.74) is -0.348. The highest BCUT2D eigenvalue weighted by Crippen LogP contribution is 2.32. The Hall–Kier alpha value is -2.57. The molecule has 0 amide bonds. The van der Waals surface area contributed by atoms with E-state index >= 15 is 0 Å². The van der Waals surface area contributed by atoms with Crippen molar-refractivity contribution in [3.63, 3.8) is 0 Å². The number of aromatic nitrogens is 1. The maximum Gasteiger partial charge on any atom is 0.416 e. The van der Waals surface area contributed by atoms with Crippen LogP contribution in [0, 0.1) is 0 Å². The van der Waals surface area contributed by atoms with Gasteiger partial charge in [0.1, 0.15) is 0 Å². The molecule has 2 rings (SSSR count). The highest BCUT2D eigenvalue weighted by molar-refractivity contribution is 5.96. The third-order valence-electron chi connectivity index (χ3n) is 2.84. The molecule has 0 saturated carbocycles. The fraction of sp³-hybridized carbons (Fsp3) is 0.143. The molecule has 0 fully saturated rings. The van der Waals surface area contributed by atoms with Crippen molar-refractivity contribution in [3.8, 4) is 17.0 Å². The summed E-state index contributed by atoms with van der Waals surface area (Å²) in [7, 11) is 1.34. The second kappa shape index (κ2) is 5.43. The standard InChI is InChI=1S/C14H10F3NO3/c1-21-12-6-10(13(19)20)11(7-18-12)8-2-4-9(5-3-8)14(15,16)17/h2-7H,1H3,(H,19,20). The summed E-state index contributed by atoms with van der Waals surface area (Å²) in [6.45, 7) is 0. The molecule has 0 aliphatic carbocycles. The van der Waals surface area contributed by atoms with E-state index in [0.717, 1.165) is 12.1 Å². The first-order chi connectivity index (χ1) is 9.82. The largest absolute Gasteiger partial charge is 0.481 e. The minimum atomic E-state index is -4.44. The summed E-state index contributed by atoms with van der Waals surface area (Å²) >= 11 is 0. The Labute approximate surface area is 117 Å². The van der Waals surface area contributed by atoms with E-state index in [1.807, 2.05) is 0 Å². The molecule has 1 N–H and O–H groups in total. The molecule has 2 aromatic rings. The number of ether oxygens (including phenoxy) is 1. The molecule has 0 aliphatic heterocycles. The second-order valence-electron chi connectivity index (χ2n) is 4.15. The van der Waals surface area contributed by atoms with Crippen LogP contribution in [0.4, 0.5) is 13.2 Å². The van der Waals surface area contributed by atoms with Gasteiger partial charge in [0, 0.05) is 17.8 Å². The number of carbonyl (C=O) groups is 1. The number of hydrogen-bond donors (Lipinski definition) is 1. The van der Waals surface area contributed by atoms with E-state index in [-0.39, 0.29) is 17.0 Å². The second-order valence-corrected chi connectivity index (χ2v) is 4.15. The average Bonchev–Trinajstić information content (AvgIpc) is 2.45. The molecular weight excluding hydrogens is 287 g/mol. The van der Waals surface area contributed by atoms with Crippen LogP contribution in [-0.2, 0) is 6.18 Å². The van der Waals surface area contributed by atoms with Gasteiger partial charge in [0.25, 0.3) is 0 Å². The molecule has 0 radical (unpaired) electrons. The third kappa shape index (κ3) is 3.13. The maximum atomic E-state index is 12.5. The summed E-state index contributed by atoms with van der Waals surface area (Å²) in [6.07, 6.45) is -3.18. The molecule has 1 heterocycles. The number of hydrogen-bond acceptors (Lipinski definition) is 3. The van der Waals surface area contributed by atoms with Crippen LogP contribution in [0.2, 0.25) is 0 Å². The number of halogens is 3. The number of carboxylic acids is 1. The van der Waals surface area contributed by atoms with E-state index in [1.165, 1.54) is 31.5 Å². The molecule has 21 heavy (non-hydrogen) atoms. The Morgan fingerprint density at radius 3 is 2.33 bits per heavy atom. The molecule has 0 saturated heterocycles. The lowest BCUT2D eigenvalue weighted by molar-refractivity contribution is -0.137. The minimum Gasteiger partial charge on any atom is -0.481 e. The molecule has 1 aromatic carbocycles. The van der Waals surface area contributed by atoms with E-state index in [2.05, 4.69) is 4.98 Å². The van der Waals surface area contributed by atoms with Gasteiger partial charge in [-0.15, -0.1) is 0 Å². The SMILES string of the molecule is COc1cc(C(=O)O)c(-c2ccc(C(F)(F)F)cc2)cn1. The van der Waals surface area contributed by atoms with E-state index < -0.39 is 17.7 Å². The van der Waals surface area contributed by atoms with Crippen LogP contribution in [0.1, 0.15) is 15.9 Å². The predicted octanol–water partition coefficient (Wildman–Crippen LogP) is 3.47. The van der Waals surface area contributed by atoms with E-state index in [4.69, 9.17) is 9.84 Å². The van der Waals surface area contributed by atoms with Gasteiger partial charge in [0.05, 0.1) is 18.2 Å². The fourth-order valence-electron chi connectivity index (χ4n) is 1.79. The topological polar surface area (TPSA) is 59.4 Å². The van der Waals surface area contributed by atoms with Crippen molar-refractivity contribution in [2.24, 2.45) is 0 Å². The van der Waals surface area contributed by atoms with Crippen LogP contribution in [0.3, 0.4) is 0 Å². The molecule has 110 valence electrons. The van der Waals surface area contributed by atoms with Crippen LogP contribution < -0.4 is 4.74 Å². The van der Waals surface area contributed by atoms with Crippen molar-refractivity contribution in [2.45, 2.75) is 6.18 Å². The molecule has 0 bridgehead atoms. The molecule has 0 atom stereocenters. The molecule has 4 nitrogen and oxygen atoms in total. The number of rotatable bonds is 3. The fourth-order valence-corrected chi connectivity index (χ4v) is 1.79. The van der Waals surface area contributed by atoms with Crippen LogP contribution >= 0.6 is 0 Å². The zero-order valence-electron chi connectivity index (χ0n) is 10.8. The summed E-state index contributed by atoms with van der Waals surface area (Å²) in [5, 5.41) is 9.17. The number of benzene rings is 1. The van der Waals surface area contributed by atoms with Gasteiger partial charge in [0.2, 0.25) is 5.88 Å². The Balaban J connectivity index is 2.49. The average molecular weight is 297 g/mol.